The van der Waals surface area contributed by atoms with Gasteiger partial charge in [0.1, 0.15) is 0 Å². The third-order valence-electron chi connectivity index (χ3n) is 3.40. The molecule has 3 rings (SSSR count). The second-order valence-electron chi connectivity index (χ2n) is 4.94. The van der Waals surface area contributed by atoms with Gasteiger partial charge in [0.05, 0.1) is 15.1 Å². The number of nitro groups is 1. The number of rotatable bonds is 4. The smallest absolute Gasteiger partial charge is 0.270 e. The third-order valence-corrected chi connectivity index (χ3v) is 4.33. The number of anilines is 1. The molecule has 0 radical (unpaired) electrons. The predicted octanol–water partition coefficient (Wildman–Crippen LogP) is 4.02. The van der Waals surface area contributed by atoms with Gasteiger partial charge in [0, 0.05) is 17.7 Å². The van der Waals surface area contributed by atoms with Crippen LogP contribution in [0.5, 0.6) is 0 Å². The molecule has 7 heteroatoms. The van der Waals surface area contributed by atoms with Gasteiger partial charge in [-0.3, -0.25) is 20.2 Å². The molecule has 3 aromatic rings. The minimum atomic E-state index is -0.527. The second-order valence-corrected chi connectivity index (χ2v) is 5.97. The number of nitro benzene ring substituents is 1. The van der Waals surface area contributed by atoms with Gasteiger partial charge in [0.25, 0.3) is 11.6 Å². The van der Waals surface area contributed by atoms with Crippen molar-refractivity contribution < 1.29 is 9.72 Å². The summed E-state index contributed by atoms with van der Waals surface area (Å²) in [5, 5.41) is 13.9. The van der Waals surface area contributed by atoms with Crippen LogP contribution >= 0.6 is 11.3 Å². The quantitative estimate of drug-likeness (QED) is 0.579. The average Bonchev–Trinajstić information content (AvgIpc) is 2.95. The molecule has 0 aliphatic heterocycles. The summed E-state index contributed by atoms with van der Waals surface area (Å²) in [6, 6.07) is 11.6. The lowest BCUT2D eigenvalue weighted by atomic mass is 10.2. The Kier molecular flexibility index (Phi) is 4.03. The van der Waals surface area contributed by atoms with Crippen molar-refractivity contribution in [3.8, 4) is 0 Å². The van der Waals surface area contributed by atoms with Crippen molar-refractivity contribution >= 4 is 38.3 Å². The average molecular weight is 327 g/mol. The highest BCUT2D eigenvalue weighted by molar-refractivity contribution is 7.22. The van der Waals surface area contributed by atoms with Gasteiger partial charge in [-0.05, 0) is 30.2 Å². The largest absolute Gasteiger partial charge is 0.298 e. The van der Waals surface area contributed by atoms with Crippen LogP contribution in [0, 0.1) is 10.1 Å². The predicted molar refractivity (Wildman–Crippen MR) is 90.0 cm³/mol. The van der Waals surface area contributed by atoms with Crippen LogP contribution in [0.1, 0.15) is 22.8 Å². The highest BCUT2D eigenvalue weighted by atomic mass is 32.1. The summed E-state index contributed by atoms with van der Waals surface area (Å²) in [4.78, 5) is 26.8. The van der Waals surface area contributed by atoms with Gasteiger partial charge < -0.3 is 0 Å². The molecule has 0 atom stereocenters. The summed E-state index contributed by atoms with van der Waals surface area (Å²) in [6.07, 6.45) is 0.934. The van der Waals surface area contributed by atoms with Gasteiger partial charge in [-0.15, -0.1) is 0 Å². The number of nitrogens with one attached hydrogen (secondary N) is 1. The van der Waals surface area contributed by atoms with Crippen molar-refractivity contribution in [2.45, 2.75) is 13.3 Å². The fourth-order valence-electron chi connectivity index (χ4n) is 2.17. The maximum atomic E-state index is 12.2. The first-order valence-corrected chi connectivity index (χ1v) is 7.83. The lowest BCUT2D eigenvalue weighted by Crippen LogP contribution is -2.11. The molecular formula is C16H13N3O3S. The number of amides is 1. The van der Waals surface area contributed by atoms with E-state index in [0.717, 1.165) is 16.6 Å². The number of carbonyl (C=O) groups is 1. The standard InChI is InChI=1S/C16H13N3O3S/c1-2-10-6-7-13-14(8-10)23-16(17-13)18-15(20)11-4-3-5-12(9-11)19(21)22/h3-9H,2H2,1H3,(H,17,18,20). The lowest BCUT2D eigenvalue weighted by molar-refractivity contribution is -0.384. The number of aromatic nitrogens is 1. The molecule has 0 aliphatic rings. The topological polar surface area (TPSA) is 85.1 Å². The number of carbonyl (C=O) groups excluding carboxylic acids is 1. The molecule has 0 saturated heterocycles. The Morgan fingerprint density at radius 1 is 1.30 bits per heavy atom. The number of hydrogen-bond acceptors (Lipinski definition) is 5. The van der Waals surface area contributed by atoms with Gasteiger partial charge in [0.2, 0.25) is 0 Å². The van der Waals surface area contributed by atoms with Gasteiger partial charge in [0.15, 0.2) is 5.13 Å². The SMILES string of the molecule is CCc1ccc2nc(NC(=O)c3cccc([N+](=O)[O-])c3)sc2c1. The zero-order valence-electron chi connectivity index (χ0n) is 12.3. The van der Waals surface area contributed by atoms with Crippen LogP contribution in [0.15, 0.2) is 42.5 Å². The molecule has 2 aromatic carbocycles. The minimum absolute atomic E-state index is 0.116. The summed E-state index contributed by atoms with van der Waals surface area (Å²) in [6.45, 7) is 2.08. The number of fused-ring (bicyclic) bond motifs is 1. The van der Waals surface area contributed by atoms with Crippen molar-refractivity contribution in [3.63, 3.8) is 0 Å². The first-order valence-electron chi connectivity index (χ1n) is 7.02. The van der Waals surface area contributed by atoms with E-state index in [9.17, 15) is 14.9 Å². The van der Waals surface area contributed by atoms with Crippen LogP contribution in [0.2, 0.25) is 0 Å². The van der Waals surface area contributed by atoms with Gasteiger partial charge in [-0.2, -0.15) is 0 Å². The van der Waals surface area contributed by atoms with E-state index in [4.69, 9.17) is 0 Å². The molecule has 116 valence electrons. The second kappa shape index (κ2) is 6.13. The molecule has 23 heavy (non-hydrogen) atoms. The van der Waals surface area contributed by atoms with Crippen LogP contribution in [-0.4, -0.2) is 15.8 Å². The highest BCUT2D eigenvalue weighted by Gasteiger charge is 2.13. The molecule has 0 spiro atoms. The van der Waals surface area contributed by atoms with Crippen molar-refractivity contribution in [3.05, 3.63) is 63.7 Å². The van der Waals surface area contributed by atoms with Crippen LogP contribution in [0.4, 0.5) is 10.8 Å². The monoisotopic (exact) mass is 327 g/mol. The Morgan fingerprint density at radius 3 is 2.87 bits per heavy atom. The minimum Gasteiger partial charge on any atom is -0.298 e. The summed E-state index contributed by atoms with van der Waals surface area (Å²) in [5.41, 5.74) is 2.14. The Bertz CT molecular complexity index is 904. The van der Waals surface area contributed by atoms with E-state index >= 15 is 0 Å². The number of nitrogens with zero attached hydrogens (tertiary/aromatic N) is 2. The number of hydrogen-bond donors (Lipinski definition) is 1. The number of aryl methyl sites for hydroxylation is 1. The Hall–Kier alpha value is -2.80. The van der Waals surface area contributed by atoms with Crippen LogP contribution in [-0.2, 0) is 6.42 Å². The summed E-state index contributed by atoms with van der Waals surface area (Å²) >= 11 is 1.38. The molecule has 6 nitrogen and oxygen atoms in total. The van der Waals surface area contributed by atoms with E-state index in [1.807, 2.05) is 12.1 Å². The van der Waals surface area contributed by atoms with Crippen LogP contribution in [0.3, 0.4) is 0 Å². The molecule has 0 fully saturated rings. The summed E-state index contributed by atoms with van der Waals surface area (Å²) in [7, 11) is 0. The summed E-state index contributed by atoms with van der Waals surface area (Å²) < 4.78 is 0.999. The number of non-ortho nitro benzene ring substituents is 1. The van der Waals surface area contributed by atoms with Crippen LogP contribution in [0.25, 0.3) is 10.2 Å². The van der Waals surface area contributed by atoms with Crippen molar-refractivity contribution in [2.75, 3.05) is 5.32 Å². The molecule has 0 aliphatic carbocycles. The van der Waals surface area contributed by atoms with E-state index in [2.05, 4.69) is 23.3 Å². The normalized spacial score (nSPS) is 10.7. The lowest BCUT2D eigenvalue weighted by Gasteiger charge is -2.01. The first kappa shape index (κ1) is 15.1. The van der Waals surface area contributed by atoms with Crippen LogP contribution < -0.4 is 5.32 Å². The highest BCUT2D eigenvalue weighted by Crippen LogP contribution is 2.27. The van der Waals surface area contributed by atoms with E-state index in [1.54, 1.807) is 0 Å². The van der Waals surface area contributed by atoms with Crippen molar-refractivity contribution in [1.29, 1.82) is 0 Å². The molecular weight excluding hydrogens is 314 g/mol. The van der Waals surface area contributed by atoms with E-state index in [-0.39, 0.29) is 11.3 Å². The van der Waals surface area contributed by atoms with Crippen molar-refractivity contribution in [2.24, 2.45) is 0 Å². The molecule has 1 N–H and O–H groups in total. The fraction of sp³-hybridized carbons (Fsp3) is 0.125. The van der Waals surface area contributed by atoms with Gasteiger partial charge in [-0.25, -0.2) is 4.98 Å². The van der Waals surface area contributed by atoms with Crippen molar-refractivity contribution in [1.82, 2.24) is 4.98 Å². The number of benzene rings is 2. The molecule has 0 bridgehead atoms. The molecule has 1 aromatic heterocycles. The zero-order chi connectivity index (χ0) is 16.4. The van der Waals surface area contributed by atoms with Gasteiger partial charge in [-0.1, -0.05) is 30.4 Å². The zero-order valence-corrected chi connectivity index (χ0v) is 13.1. The van der Waals surface area contributed by atoms with Gasteiger partial charge >= 0.3 is 0 Å². The molecule has 1 amide bonds. The van der Waals surface area contributed by atoms with E-state index in [1.165, 1.54) is 41.2 Å². The third kappa shape index (κ3) is 3.19. The molecule has 1 heterocycles. The Balaban J connectivity index is 1.85. The van der Waals surface area contributed by atoms with E-state index in [0.29, 0.717) is 5.13 Å². The summed E-state index contributed by atoms with van der Waals surface area (Å²) in [5.74, 6) is -0.413. The maximum absolute atomic E-state index is 12.2. The van der Waals surface area contributed by atoms with E-state index < -0.39 is 10.8 Å². The molecule has 0 saturated carbocycles. The maximum Gasteiger partial charge on any atom is 0.270 e. The fourth-order valence-corrected chi connectivity index (χ4v) is 3.10. The number of thiazole rings is 1. The Labute approximate surface area is 135 Å². The Morgan fingerprint density at radius 2 is 2.13 bits per heavy atom. The first-order chi connectivity index (χ1) is 11.1. The molecule has 0 unspecified atom stereocenters.